The Balaban J connectivity index is 1.72. The molecule has 0 fully saturated rings. The van der Waals surface area contributed by atoms with E-state index in [0.717, 1.165) is 27.5 Å². The standard InChI is InChI=1S/C18H23ClN2O4S2/c1-13-11-14(6-8-16(13)19)25-10-4-5-17(22)20-12-15-7-9-18(26-15)27(23,24)21(2)3/h6-9,11H,4-5,10,12H2,1-3H3,(H,20,22). The molecular formula is C18H23ClN2O4S2. The molecule has 1 N–H and O–H groups in total. The number of hydrogen-bond donors (Lipinski definition) is 1. The number of halogens is 1. The van der Waals surface area contributed by atoms with Gasteiger partial charge >= 0.3 is 0 Å². The highest BCUT2D eigenvalue weighted by molar-refractivity contribution is 7.91. The Bertz CT molecular complexity index is 895. The summed E-state index contributed by atoms with van der Waals surface area (Å²) in [5, 5.41) is 3.49. The van der Waals surface area contributed by atoms with Crippen LogP contribution in [-0.4, -0.2) is 39.3 Å². The maximum absolute atomic E-state index is 12.0. The second-order valence-electron chi connectivity index (χ2n) is 6.15. The van der Waals surface area contributed by atoms with Crippen LogP contribution in [0.25, 0.3) is 0 Å². The van der Waals surface area contributed by atoms with Gasteiger partial charge in [-0.1, -0.05) is 11.6 Å². The van der Waals surface area contributed by atoms with Crippen molar-refractivity contribution >= 4 is 38.9 Å². The number of aryl methyl sites for hydroxylation is 1. The van der Waals surface area contributed by atoms with Gasteiger partial charge in [-0.3, -0.25) is 4.79 Å². The molecule has 0 saturated carbocycles. The molecule has 0 unspecified atom stereocenters. The third-order valence-corrected chi connectivity index (χ3v) is 7.57. The van der Waals surface area contributed by atoms with E-state index in [1.807, 2.05) is 13.0 Å². The molecule has 1 amide bonds. The minimum atomic E-state index is -3.43. The number of hydrogen-bond acceptors (Lipinski definition) is 5. The average molecular weight is 431 g/mol. The SMILES string of the molecule is Cc1cc(OCCCC(=O)NCc2ccc(S(=O)(=O)N(C)C)s2)ccc1Cl. The van der Waals surface area contributed by atoms with Crippen molar-refractivity contribution in [1.29, 1.82) is 0 Å². The third-order valence-electron chi connectivity index (χ3n) is 3.78. The molecule has 6 nitrogen and oxygen atoms in total. The number of carbonyl (C=O) groups excluding carboxylic acids is 1. The number of thiophene rings is 1. The molecule has 27 heavy (non-hydrogen) atoms. The highest BCUT2D eigenvalue weighted by Crippen LogP contribution is 2.24. The Morgan fingerprint density at radius 2 is 2.00 bits per heavy atom. The molecule has 1 aromatic carbocycles. The van der Waals surface area contributed by atoms with Crippen LogP contribution in [-0.2, 0) is 21.4 Å². The monoisotopic (exact) mass is 430 g/mol. The number of benzene rings is 1. The number of sulfonamides is 1. The van der Waals surface area contributed by atoms with Crippen molar-refractivity contribution in [3.8, 4) is 5.75 Å². The molecular weight excluding hydrogens is 408 g/mol. The van der Waals surface area contributed by atoms with Crippen LogP contribution in [0.4, 0.5) is 0 Å². The van der Waals surface area contributed by atoms with E-state index >= 15 is 0 Å². The van der Waals surface area contributed by atoms with E-state index in [-0.39, 0.29) is 10.1 Å². The van der Waals surface area contributed by atoms with Crippen molar-refractivity contribution in [2.45, 2.75) is 30.5 Å². The van der Waals surface area contributed by atoms with Crippen LogP contribution in [0, 0.1) is 6.92 Å². The van der Waals surface area contributed by atoms with E-state index in [0.29, 0.717) is 31.0 Å². The second-order valence-corrected chi connectivity index (χ2v) is 10.1. The largest absolute Gasteiger partial charge is 0.494 e. The smallest absolute Gasteiger partial charge is 0.252 e. The zero-order chi connectivity index (χ0) is 20.0. The molecule has 0 bridgehead atoms. The maximum atomic E-state index is 12.0. The maximum Gasteiger partial charge on any atom is 0.252 e. The first-order valence-electron chi connectivity index (χ1n) is 8.37. The van der Waals surface area contributed by atoms with Crippen LogP contribution < -0.4 is 10.1 Å². The second kappa shape index (κ2) is 9.54. The van der Waals surface area contributed by atoms with E-state index in [2.05, 4.69) is 5.32 Å². The molecule has 148 valence electrons. The molecule has 0 aliphatic rings. The highest BCUT2D eigenvalue weighted by Gasteiger charge is 2.19. The molecule has 0 atom stereocenters. The van der Waals surface area contributed by atoms with Crippen molar-refractivity contribution in [3.05, 3.63) is 45.8 Å². The van der Waals surface area contributed by atoms with Gasteiger partial charge in [-0.2, -0.15) is 0 Å². The van der Waals surface area contributed by atoms with Gasteiger partial charge in [0.25, 0.3) is 10.0 Å². The fraction of sp³-hybridized carbons (Fsp3) is 0.389. The van der Waals surface area contributed by atoms with E-state index in [1.54, 1.807) is 24.3 Å². The number of carbonyl (C=O) groups is 1. The lowest BCUT2D eigenvalue weighted by Crippen LogP contribution is -2.22. The van der Waals surface area contributed by atoms with Crippen molar-refractivity contribution < 1.29 is 17.9 Å². The predicted molar refractivity (Wildman–Crippen MR) is 108 cm³/mol. The van der Waals surface area contributed by atoms with Crippen molar-refractivity contribution in [3.63, 3.8) is 0 Å². The first-order valence-corrected chi connectivity index (χ1v) is 11.0. The van der Waals surface area contributed by atoms with E-state index in [1.165, 1.54) is 18.4 Å². The van der Waals surface area contributed by atoms with Crippen molar-refractivity contribution in [1.82, 2.24) is 9.62 Å². The Morgan fingerprint density at radius 1 is 1.26 bits per heavy atom. The molecule has 0 aliphatic carbocycles. The van der Waals surface area contributed by atoms with Crippen molar-refractivity contribution in [2.24, 2.45) is 0 Å². The topological polar surface area (TPSA) is 75.7 Å². The summed E-state index contributed by atoms with van der Waals surface area (Å²) in [6, 6.07) is 8.71. The van der Waals surface area contributed by atoms with Gasteiger partial charge in [0.2, 0.25) is 5.91 Å². The molecule has 0 saturated heterocycles. The first kappa shape index (κ1) is 21.7. The average Bonchev–Trinajstić information content (AvgIpc) is 3.09. The Kier molecular flexibility index (Phi) is 7.67. The summed E-state index contributed by atoms with van der Waals surface area (Å²) in [7, 11) is -0.450. The van der Waals surface area contributed by atoms with Gasteiger partial charge in [-0.25, -0.2) is 12.7 Å². The zero-order valence-electron chi connectivity index (χ0n) is 15.5. The first-order chi connectivity index (χ1) is 12.7. The molecule has 0 radical (unpaired) electrons. The van der Waals surface area contributed by atoms with Gasteiger partial charge in [0, 0.05) is 30.4 Å². The molecule has 1 aromatic heterocycles. The Labute approximate surface area is 169 Å². The third kappa shape index (κ3) is 6.21. The molecule has 2 aromatic rings. The zero-order valence-corrected chi connectivity index (χ0v) is 17.9. The molecule has 9 heteroatoms. The summed E-state index contributed by atoms with van der Waals surface area (Å²) in [4.78, 5) is 12.7. The Morgan fingerprint density at radius 3 is 2.67 bits per heavy atom. The van der Waals surface area contributed by atoms with Gasteiger partial charge in [-0.05, 0) is 49.2 Å². The quantitative estimate of drug-likeness (QED) is 0.618. The molecule has 0 aliphatic heterocycles. The number of nitrogens with zero attached hydrogens (tertiary/aromatic N) is 1. The van der Waals surface area contributed by atoms with E-state index in [9.17, 15) is 13.2 Å². The van der Waals surface area contributed by atoms with Crippen LogP contribution in [0.5, 0.6) is 5.75 Å². The summed E-state index contributed by atoms with van der Waals surface area (Å²) < 4.78 is 31.1. The molecule has 1 heterocycles. The summed E-state index contributed by atoms with van der Waals surface area (Å²) in [5.74, 6) is 0.627. The molecule has 2 rings (SSSR count). The lowest BCUT2D eigenvalue weighted by Gasteiger charge is -2.08. The molecule has 0 spiro atoms. The van der Waals surface area contributed by atoms with Gasteiger partial charge in [0.1, 0.15) is 9.96 Å². The van der Waals surface area contributed by atoms with Crippen molar-refractivity contribution in [2.75, 3.05) is 20.7 Å². The number of amides is 1. The van der Waals surface area contributed by atoms with Crippen LogP contribution in [0.3, 0.4) is 0 Å². The van der Waals surface area contributed by atoms with Crippen LogP contribution >= 0.6 is 22.9 Å². The Hall–Kier alpha value is -1.61. The number of nitrogens with one attached hydrogen (secondary N) is 1. The van der Waals surface area contributed by atoms with Gasteiger partial charge in [-0.15, -0.1) is 11.3 Å². The highest BCUT2D eigenvalue weighted by atomic mass is 35.5. The number of rotatable bonds is 9. The lowest BCUT2D eigenvalue weighted by atomic mass is 10.2. The normalized spacial score (nSPS) is 11.6. The van der Waals surface area contributed by atoms with E-state index in [4.69, 9.17) is 16.3 Å². The van der Waals surface area contributed by atoms with Gasteiger partial charge < -0.3 is 10.1 Å². The van der Waals surface area contributed by atoms with Gasteiger partial charge in [0.05, 0.1) is 13.2 Å². The minimum absolute atomic E-state index is 0.101. The fourth-order valence-electron chi connectivity index (χ4n) is 2.18. The fourth-order valence-corrected chi connectivity index (χ4v) is 4.76. The summed E-state index contributed by atoms with van der Waals surface area (Å²) >= 11 is 7.13. The lowest BCUT2D eigenvalue weighted by molar-refractivity contribution is -0.121. The summed E-state index contributed by atoms with van der Waals surface area (Å²) in [6.45, 7) is 2.64. The summed E-state index contributed by atoms with van der Waals surface area (Å²) in [6.07, 6.45) is 0.916. The predicted octanol–water partition coefficient (Wildman–Crippen LogP) is 3.44. The van der Waals surface area contributed by atoms with Crippen LogP contribution in [0.1, 0.15) is 23.3 Å². The van der Waals surface area contributed by atoms with Crippen LogP contribution in [0.15, 0.2) is 34.5 Å². The summed E-state index contributed by atoms with van der Waals surface area (Å²) in [5.41, 5.74) is 0.943. The van der Waals surface area contributed by atoms with E-state index < -0.39 is 10.0 Å². The minimum Gasteiger partial charge on any atom is -0.494 e. The number of ether oxygens (including phenoxy) is 1. The van der Waals surface area contributed by atoms with Gasteiger partial charge in [0.15, 0.2) is 0 Å². The van der Waals surface area contributed by atoms with Crippen LogP contribution in [0.2, 0.25) is 5.02 Å².